The normalized spacial score (nSPS) is 13.4. The first-order valence-electron chi connectivity index (χ1n) is 4.65. The Morgan fingerprint density at radius 3 is 2.53 bits per heavy atom. The first-order valence-corrected chi connectivity index (χ1v) is 4.65. The summed E-state index contributed by atoms with van der Waals surface area (Å²) in [5, 5.41) is 12.9. The van der Waals surface area contributed by atoms with E-state index in [1.807, 2.05) is 37.3 Å². The summed E-state index contributed by atoms with van der Waals surface area (Å²) in [6.07, 6.45) is 4.61. The van der Waals surface area contributed by atoms with E-state index >= 15 is 0 Å². The fraction of sp³-hybridized carbons (Fsp3) is 0.333. The monoisotopic (exact) mass is 225 g/mol. The maximum absolute atomic E-state index is 9.88. The van der Waals surface area contributed by atoms with Crippen LogP contribution < -0.4 is 5.32 Å². The number of halogens is 1. The van der Waals surface area contributed by atoms with Gasteiger partial charge in [0.2, 0.25) is 0 Å². The first-order chi connectivity index (χ1) is 6.75. The third-order valence-corrected chi connectivity index (χ3v) is 2.14. The molecule has 1 rings (SSSR count). The van der Waals surface area contributed by atoms with Crippen LogP contribution in [-0.4, -0.2) is 17.7 Å². The fourth-order valence-electron chi connectivity index (χ4n) is 1.27. The van der Waals surface area contributed by atoms with Crippen molar-refractivity contribution in [3.8, 4) is 12.3 Å². The van der Waals surface area contributed by atoms with E-state index in [9.17, 15) is 5.11 Å². The molecule has 0 heterocycles. The van der Waals surface area contributed by atoms with Gasteiger partial charge < -0.3 is 10.4 Å². The highest BCUT2D eigenvalue weighted by Gasteiger charge is 2.14. The maximum Gasteiger partial charge on any atom is 0.0940 e. The molecule has 1 aromatic rings. The van der Waals surface area contributed by atoms with Crippen LogP contribution >= 0.6 is 12.4 Å². The predicted molar refractivity (Wildman–Crippen MR) is 64.9 cm³/mol. The molecule has 3 heteroatoms. The van der Waals surface area contributed by atoms with Crippen molar-refractivity contribution in [3.05, 3.63) is 35.9 Å². The first kappa shape index (κ1) is 14.0. The van der Waals surface area contributed by atoms with Crippen molar-refractivity contribution >= 4 is 12.4 Å². The molecule has 0 bridgehead atoms. The molecule has 15 heavy (non-hydrogen) atoms. The molecule has 0 aliphatic rings. The zero-order valence-electron chi connectivity index (χ0n) is 8.68. The predicted octanol–water partition coefficient (Wildman–Crippen LogP) is 1.75. The SMILES string of the molecule is C#CCNC(C)C(O)c1ccccc1.Cl. The summed E-state index contributed by atoms with van der Waals surface area (Å²) >= 11 is 0. The second-order valence-electron chi connectivity index (χ2n) is 3.23. The number of terminal acetylenes is 1. The zero-order valence-corrected chi connectivity index (χ0v) is 9.50. The minimum Gasteiger partial charge on any atom is -0.387 e. The van der Waals surface area contributed by atoms with Gasteiger partial charge in [0.1, 0.15) is 0 Å². The molecule has 2 atom stereocenters. The second-order valence-corrected chi connectivity index (χ2v) is 3.23. The van der Waals surface area contributed by atoms with Crippen molar-refractivity contribution in [1.29, 1.82) is 0 Å². The van der Waals surface area contributed by atoms with Gasteiger partial charge in [-0.05, 0) is 12.5 Å². The van der Waals surface area contributed by atoms with Gasteiger partial charge in [-0.3, -0.25) is 0 Å². The molecular formula is C12H16ClNO. The van der Waals surface area contributed by atoms with Crippen LogP contribution in [0.15, 0.2) is 30.3 Å². The van der Waals surface area contributed by atoms with Gasteiger partial charge in [0.15, 0.2) is 0 Å². The topological polar surface area (TPSA) is 32.3 Å². The zero-order chi connectivity index (χ0) is 10.4. The average Bonchev–Trinajstić information content (AvgIpc) is 2.26. The number of rotatable bonds is 4. The average molecular weight is 226 g/mol. The van der Waals surface area contributed by atoms with Gasteiger partial charge in [-0.15, -0.1) is 18.8 Å². The summed E-state index contributed by atoms with van der Waals surface area (Å²) in [6.45, 7) is 2.39. The van der Waals surface area contributed by atoms with E-state index in [1.54, 1.807) is 0 Å². The lowest BCUT2D eigenvalue weighted by atomic mass is 10.0. The van der Waals surface area contributed by atoms with E-state index in [0.29, 0.717) is 6.54 Å². The van der Waals surface area contributed by atoms with E-state index in [-0.39, 0.29) is 18.4 Å². The van der Waals surface area contributed by atoms with Crippen molar-refractivity contribution in [1.82, 2.24) is 5.32 Å². The summed E-state index contributed by atoms with van der Waals surface area (Å²) in [7, 11) is 0. The Morgan fingerprint density at radius 2 is 2.00 bits per heavy atom. The van der Waals surface area contributed by atoms with Gasteiger partial charge in [0.25, 0.3) is 0 Å². The number of benzene rings is 1. The van der Waals surface area contributed by atoms with Crippen molar-refractivity contribution in [2.24, 2.45) is 0 Å². The third-order valence-electron chi connectivity index (χ3n) is 2.14. The number of hydrogen-bond donors (Lipinski definition) is 2. The Hall–Kier alpha value is -1.01. The maximum atomic E-state index is 9.88. The summed E-state index contributed by atoms with van der Waals surface area (Å²) in [4.78, 5) is 0. The molecule has 0 amide bonds. The number of hydrogen-bond acceptors (Lipinski definition) is 2. The van der Waals surface area contributed by atoms with Crippen LogP contribution in [0.25, 0.3) is 0 Å². The Kier molecular flexibility index (Phi) is 6.81. The highest BCUT2D eigenvalue weighted by molar-refractivity contribution is 5.85. The molecule has 0 radical (unpaired) electrons. The molecular weight excluding hydrogens is 210 g/mol. The lowest BCUT2D eigenvalue weighted by Gasteiger charge is -2.19. The number of aliphatic hydroxyl groups is 1. The van der Waals surface area contributed by atoms with E-state index in [1.165, 1.54) is 0 Å². The molecule has 0 spiro atoms. The standard InChI is InChI=1S/C12H15NO.ClH/c1-3-9-13-10(2)12(14)11-7-5-4-6-8-11;/h1,4-8,10,12-14H,9H2,2H3;1H. The molecule has 0 fully saturated rings. The molecule has 0 aliphatic heterocycles. The van der Waals surface area contributed by atoms with E-state index in [2.05, 4.69) is 11.2 Å². The van der Waals surface area contributed by atoms with Gasteiger partial charge in [-0.1, -0.05) is 36.3 Å². The van der Waals surface area contributed by atoms with E-state index < -0.39 is 6.10 Å². The lowest BCUT2D eigenvalue weighted by molar-refractivity contribution is 0.138. The highest BCUT2D eigenvalue weighted by atomic mass is 35.5. The summed E-state index contributed by atoms with van der Waals surface area (Å²) in [5.41, 5.74) is 0.907. The van der Waals surface area contributed by atoms with Crippen molar-refractivity contribution in [2.45, 2.75) is 19.1 Å². The molecule has 0 aliphatic carbocycles. The Balaban J connectivity index is 0.00000196. The molecule has 0 aromatic heterocycles. The minimum absolute atomic E-state index is 0. The molecule has 82 valence electrons. The smallest absolute Gasteiger partial charge is 0.0940 e. The molecule has 2 N–H and O–H groups in total. The van der Waals surface area contributed by atoms with Crippen LogP contribution in [0.3, 0.4) is 0 Å². The summed E-state index contributed by atoms with van der Waals surface area (Å²) in [5.74, 6) is 2.48. The van der Waals surface area contributed by atoms with E-state index in [0.717, 1.165) is 5.56 Å². The lowest BCUT2D eigenvalue weighted by Crippen LogP contribution is -2.32. The van der Waals surface area contributed by atoms with Gasteiger partial charge in [-0.2, -0.15) is 0 Å². The van der Waals surface area contributed by atoms with Crippen LogP contribution in [-0.2, 0) is 0 Å². The largest absolute Gasteiger partial charge is 0.387 e. The number of aliphatic hydroxyl groups excluding tert-OH is 1. The van der Waals surface area contributed by atoms with E-state index in [4.69, 9.17) is 6.42 Å². The number of nitrogens with one attached hydrogen (secondary N) is 1. The molecule has 0 saturated heterocycles. The van der Waals surface area contributed by atoms with Gasteiger partial charge in [0, 0.05) is 6.04 Å². The van der Waals surface area contributed by atoms with Crippen LogP contribution in [0, 0.1) is 12.3 Å². The van der Waals surface area contributed by atoms with Gasteiger partial charge in [-0.25, -0.2) is 0 Å². The van der Waals surface area contributed by atoms with Crippen LogP contribution in [0.2, 0.25) is 0 Å². The van der Waals surface area contributed by atoms with Crippen molar-refractivity contribution < 1.29 is 5.11 Å². The molecule has 1 aromatic carbocycles. The second kappa shape index (κ2) is 7.30. The van der Waals surface area contributed by atoms with Crippen LogP contribution in [0.4, 0.5) is 0 Å². The van der Waals surface area contributed by atoms with Gasteiger partial charge >= 0.3 is 0 Å². The Labute approximate surface area is 97.1 Å². The molecule has 2 nitrogen and oxygen atoms in total. The minimum atomic E-state index is -0.510. The quantitative estimate of drug-likeness (QED) is 0.766. The molecule has 2 unspecified atom stereocenters. The molecule has 0 saturated carbocycles. The fourth-order valence-corrected chi connectivity index (χ4v) is 1.27. The Bertz CT molecular complexity index is 307. The third kappa shape index (κ3) is 4.35. The highest BCUT2D eigenvalue weighted by Crippen LogP contribution is 2.15. The summed E-state index contributed by atoms with van der Waals surface area (Å²) in [6, 6.07) is 9.51. The van der Waals surface area contributed by atoms with Crippen molar-refractivity contribution in [3.63, 3.8) is 0 Å². The summed E-state index contributed by atoms with van der Waals surface area (Å²) < 4.78 is 0. The van der Waals surface area contributed by atoms with Crippen LogP contribution in [0.5, 0.6) is 0 Å². The van der Waals surface area contributed by atoms with Crippen LogP contribution in [0.1, 0.15) is 18.6 Å². The van der Waals surface area contributed by atoms with Gasteiger partial charge in [0.05, 0.1) is 12.6 Å². The van der Waals surface area contributed by atoms with Crippen molar-refractivity contribution in [2.75, 3.05) is 6.54 Å². The Morgan fingerprint density at radius 1 is 1.40 bits per heavy atom.